The molecule has 0 aromatic heterocycles. The first-order valence-corrected chi connectivity index (χ1v) is 8.92. The maximum atomic E-state index is 12.4. The first kappa shape index (κ1) is 16.4. The van der Waals surface area contributed by atoms with E-state index in [9.17, 15) is 9.59 Å². The summed E-state index contributed by atoms with van der Waals surface area (Å²) in [5.74, 6) is 0.725. The van der Waals surface area contributed by atoms with Crippen molar-refractivity contribution in [1.29, 1.82) is 0 Å². The van der Waals surface area contributed by atoms with Gasteiger partial charge in [-0.2, -0.15) is 0 Å². The van der Waals surface area contributed by atoms with Crippen LogP contribution in [0.4, 0.5) is 5.69 Å². The van der Waals surface area contributed by atoms with Crippen LogP contribution in [-0.4, -0.2) is 41.5 Å². The van der Waals surface area contributed by atoms with Crippen molar-refractivity contribution in [3.8, 4) is 5.75 Å². The van der Waals surface area contributed by atoms with Crippen LogP contribution < -0.4 is 10.1 Å². The van der Waals surface area contributed by atoms with Gasteiger partial charge in [0.1, 0.15) is 23.6 Å². The van der Waals surface area contributed by atoms with Crippen molar-refractivity contribution >= 4 is 17.5 Å². The number of carbonyl (C=O) groups is 2. The van der Waals surface area contributed by atoms with E-state index in [-0.39, 0.29) is 36.2 Å². The second-order valence-electron chi connectivity index (χ2n) is 7.71. The van der Waals surface area contributed by atoms with Crippen molar-refractivity contribution in [2.24, 2.45) is 0 Å². The molecule has 4 rings (SSSR count). The lowest BCUT2D eigenvalue weighted by Gasteiger charge is -2.30. The van der Waals surface area contributed by atoms with Crippen molar-refractivity contribution in [1.82, 2.24) is 4.90 Å². The predicted octanol–water partition coefficient (Wildman–Crippen LogP) is 2.56. The van der Waals surface area contributed by atoms with Crippen LogP contribution in [0.3, 0.4) is 0 Å². The number of aryl methyl sites for hydroxylation is 1. The molecule has 0 bridgehead atoms. The van der Waals surface area contributed by atoms with Gasteiger partial charge in [-0.3, -0.25) is 9.59 Å². The van der Waals surface area contributed by atoms with Gasteiger partial charge in [0, 0.05) is 24.2 Å². The molecule has 0 saturated carbocycles. The minimum absolute atomic E-state index is 0.0404. The summed E-state index contributed by atoms with van der Waals surface area (Å²) in [5, 5.41) is 2.94. The Bertz CT molecular complexity index is 743. The van der Waals surface area contributed by atoms with E-state index in [1.54, 1.807) is 4.90 Å². The molecule has 1 N–H and O–H groups in total. The number of hydrogen-bond acceptors (Lipinski definition) is 4. The van der Waals surface area contributed by atoms with Gasteiger partial charge in [-0.25, -0.2) is 0 Å². The summed E-state index contributed by atoms with van der Waals surface area (Å²) in [6, 6.07) is 3.90. The Labute approximate surface area is 147 Å². The molecule has 0 unspecified atom stereocenters. The van der Waals surface area contributed by atoms with E-state index >= 15 is 0 Å². The smallest absolute Gasteiger partial charge is 0.244 e. The number of anilines is 1. The number of carbonyl (C=O) groups excluding carboxylic acids is 2. The van der Waals surface area contributed by atoms with E-state index < -0.39 is 0 Å². The van der Waals surface area contributed by atoms with Gasteiger partial charge in [0.05, 0.1) is 6.54 Å². The number of hydrogen-bond donors (Lipinski definition) is 1. The average molecular weight is 344 g/mol. The first-order chi connectivity index (χ1) is 11.8. The summed E-state index contributed by atoms with van der Waals surface area (Å²) in [6.45, 7) is 6.78. The Morgan fingerprint density at radius 2 is 2.16 bits per heavy atom. The summed E-state index contributed by atoms with van der Waals surface area (Å²) >= 11 is 0. The van der Waals surface area contributed by atoms with E-state index in [0.29, 0.717) is 13.0 Å². The average Bonchev–Trinajstić information content (AvgIpc) is 3.33. The lowest BCUT2D eigenvalue weighted by molar-refractivity contribution is -0.136. The van der Waals surface area contributed by atoms with E-state index in [4.69, 9.17) is 9.47 Å². The molecular weight excluding hydrogens is 320 g/mol. The number of fused-ring (bicyclic) bond motifs is 3. The molecule has 134 valence electrons. The van der Waals surface area contributed by atoms with Crippen molar-refractivity contribution < 1.29 is 19.1 Å². The second-order valence-corrected chi connectivity index (χ2v) is 7.71. The van der Waals surface area contributed by atoms with Gasteiger partial charge in [0.2, 0.25) is 11.8 Å². The van der Waals surface area contributed by atoms with Crippen LogP contribution in [0.1, 0.15) is 50.3 Å². The van der Waals surface area contributed by atoms with Crippen molar-refractivity contribution in [3.05, 3.63) is 23.3 Å². The fourth-order valence-electron chi connectivity index (χ4n) is 3.75. The zero-order valence-corrected chi connectivity index (χ0v) is 14.9. The molecule has 0 radical (unpaired) electrons. The lowest BCUT2D eigenvalue weighted by Crippen LogP contribution is -2.41. The number of nitrogens with zero attached hydrogens (tertiary/aromatic N) is 1. The summed E-state index contributed by atoms with van der Waals surface area (Å²) < 4.78 is 11.8. The quantitative estimate of drug-likeness (QED) is 0.856. The third kappa shape index (κ3) is 2.99. The number of nitrogens with one attached hydrogen (secondary N) is 1. The van der Waals surface area contributed by atoms with Gasteiger partial charge in [0.25, 0.3) is 0 Å². The van der Waals surface area contributed by atoms with E-state index in [1.807, 2.05) is 32.9 Å². The minimum Gasteiger partial charge on any atom is -0.485 e. The highest BCUT2D eigenvalue weighted by atomic mass is 16.6. The molecule has 3 heterocycles. The van der Waals surface area contributed by atoms with Gasteiger partial charge in [-0.05, 0) is 51.3 Å². The van der Waals surface area contributed by atoms with Gasteiger partial charge in [-0.15, -0.1) is 0 Å². The van der Waals surface area contributed by atoms with Crippen LogP contribution in [0.25, 0.3) is 0 Å². The number of amides is 2. The van der Waals surface area contributed by atoms with Crippen LogP contribution in [0, 0.1) is 6.92 Å². The third-order valence-corrected chi connectivity index (χ3v) is 5.24. The number of likely N-dealkylation sites (tertiary alicyclic amines) is 1. The van der Waals surface area contributed by atoms with Crippen LogP contribution in [0.2, 0.25) is 0 Å². The molecule has 0 aliphatic carbocycles. The molecular formula is C19H24N2O4. The van der Waals surface area contributed by atoms with Crippen LogP contribution in [0.5, 0.6) is 5.75 Å². The summed E-state index contributed by atoms with van der Waals surface area (Å²) in [5.41, 5.74) is 2.35. The van der Waals surface area contributed by atoms with Crippen LogP contribution in [-0.2, 0) is 14.3 Å². The van der Waals surface area contributed by atoms with Crippen molar-refractivity contribution in [3.63, 3.8) is 0 Å². The molecule has 6 heteroatoms. The largest absolute Gasteiger partial charge is 0.485 e. The van der Waals surface area contributed by atoms with Crippen molar-refractivity contribution in [2.45, 2.75) is 57.8 Å². The number of benzene rings is 1. The number of rotatable bonds is 3. The van der Waals surface area contributed by atoms with Gasteiger partial charge >= 0.3 is 0 Å². The number of epoxide rings is 1. The topological polar surface area (TPSA) is 71.2 Å². The Hall–Kier alpha value is -2.08. The minimum atomic E-state index is -0.330. The summed E-state index contributed by atoms with van der Waals surface area (Å²) in [6.07, 6.45) is 2.53. The molecule has 2 saturated heterocycles. The molecule has 3 aliphatic rings. The number of ether oxygens (including phenoxy) is 2. The van der Waals surface area contributed by atoms with Gasteiger partial charge in [-0.1, -0.05) is 0 Å². The first-order valence-electron chi connectivity index (χ1n) is 8.92. The fraction of sp³-hybridized carbons (Fsp3) is 0.579. The summed E-state index contributed by atoms with van der Waals surface area (Å²) in [4.78, 5) is 25.9. The lowest BCUT2D eigenvalue weighted by atomic mass is 9.93. The molecule has 6 nitrogen and oxygen atoms in total. The Morgan fingerprint density at radius 1 is 1.36 bits per heavy atom. The highest BCUT2D eigenvalue weighted by molar-refractivity contribution is 5.95. The highest BCUT2D eigenvalue weighted by Gasteiger charge is 2.56. The van der Waals surface area contributed by atoms with Crippen LogP contribution in [0.15, 0.2) is 12.1 Å². The Kier molecular flexibility index (Phi) is 3.76. The molecule has 0 spiro atoms. The zero-order chi connectivity index (χ0) is 17.8. The van der Waals surface area contributed by atoms with Gasteiger partial charge in [0.15, 0.2) is 0 Å². The molecule has 25 heavy (non-hydrogen) atoms. The van der Waals surface area contributed by atoms with Crippen LogP contribution >= 0.6 is 0 Å². The molecule has 1 aromatic carbocycles. The molecule has 2 atom stereocenters. The molecule has 3 aliphatic heterocycles. The zero-order valence-electron chi connectivity index (χ0n) is 14.9. The van der Waals surface area contributed by atoms with Gasteiger partial charge < -0.3 is 19.7 Å². The maximum Gasteiger partial charge on any atom is 0.244 e. The normalized spacial score (nSPS) is 26.4. The predicted molar refractivity (Wildman–Crippen MR) is 92.6 cm³/mol. The highest BCUT2D eigenvalue weighted by Crippen LogP contribution is 2.54. The monoisotopic (exact) mass is 344 g/mol. The fourth-order valence-corrected chi connectivity index (χ4v) is 3.75. The third-order valence-electron chi connectivity index (χ3n) is 5.24. The van der Waals surface area contributed by atoms with E-state index in [1.165, 1.54) is 0 Å². The molecule has 2 amide bonds. The second kappa shape index (κ2) is 5.73. The standard InChI is InChI=1S/C19H24N2O4/c1-11-8-14-12(17-18(24-17)19(2,3)25-14)9-13(11)20-15(22)10-21-7-5-4-6-16(21)23/h8-9,17-18H,4-7,10H2,1-3H3,(H,20,22)/t17-,18-/m1/s1. The molecule has 1 aromatic rings. The summed E-state index contributed by atoms with van der Waals surface area (Å²) in [7, 11) is 0. The SMILES string of the molecule is Cc1cc2c(cc1NC(=O)CN1CCCCC1=O)[C@H]1O[C@H]1C(C)(C)O2. The molecule has 2 fully saturated rings. The van der Waals surface area contributed by atoms with E-state index in [2.05, 4.69) is 5.32 Å². The van der Waals surface area contributed by atoms with E-state index in [0.717, 1.165) is 35.4 Å². The Morgan fingerprint density at radius 3 is 2.92 bits per heavy atom. The number of piperidine rings is 1. The maximum absolute atomic E-state index is 12.4. The van der Waals surface area contributed by atoms with Crippen molar-refractivity contribution in [2.75, 3.05) is 18.4 Å². The Balaban J connectivity index is 1.49.